The molecule has 0 amide bonds. The van der Waals surface area contributed by atoms with E-state index in [0.717, 1.165) is 29.9 Å². The quantitative estimate of drug-likeness (QED) is 0.613. The molecule has 1 aliphatic rings. The molecule has 0 N–H and O–H groups in total. The molecule has 0 unspecified atom stereocenters. The lowest BCUT2D eigenvalue weighted by molar-refractivity contribution is -2.00. The van der Waals surface area contributed by atoms with Crippen LogP contribution in [0.3, 0.4) is 0 Å². The first kappa shape index (κ1) is 18.5. The van der Waals surface area contributed by atoms with Crippen molar-refractivity contribution in [3.63, 3.8) is 0 Å². The van der Waals surface area contributed by atoms with Gasteiger partial charge >= 0.3 is 11.5 Å². The van der Waals surface area contributed by atoms with Crippen LogP contribution >= 0.6 is 0 Å². The lowest BCUT2D eigenvalue weighted by Crippen LogP contribution is -2.68. The number of aryl methyl sites for hydroxylation is 1. The van der Waals surface area contributed by atoms with Crippen molar-refractivity contribution >= 4 is 0 Å². The smallest absolute Gasteiger partial charge is 0.222 e. The van der Waals surface area contributed by atoms with E-state index in [2.05, 4.69) is 60.7 Å². The maximum absolute atomic E-state index is 8.49. The third-order valence-electron chi connectivity index (χ3n) is 4.14. The molecular formula is C20H17ClO5. The second kappa shape index (κ2) is 7.95. The van der Waals surface area contributed by atoms with E-state index in [9.17, 15) is 0 Å². The largest absolute Gasteiger partial charge is 0.360 e. The molecule has 26 heavy (non-hydrogen) atoms. The minimum absolute atomic E-state index is 0.968. The van der Waals surface area contributed by atoms with Crippen molar-refractivity contribution < 1.29 is 33.3 Å². The molecule has 0 radical (unpaired) electrons. The van der Waals surface area contributed by atoms with Crippen molar-refractivity contribution in [2.24, 2.45) is 0 Å². The first-order valence-corrected chi connectivity index (χ1v) is 9.37. The maximum atomic E-state index is 8.49. The molecule has 3 aromatic rings. The van der Waals surface area contributed by atoms with E-state index in [0.29, 0.717) is 0 Å². The van der Waals surface area contributed by atoms with Crippen molar-refractivity contribution in [2.45, 2.75) is 19.3 Å². The minimum atomic E-state index is -4.94. The average molecular weight is 373 g/mol. The zero-order valence-electron chi connectivity index (χ0n) is 13.9. The number of hydrogen-bond acceptors (Lipinski definition) is 4. The average Bonchev–Trinajstić information content (AvgIpc) is 3.09. The lowest BCUT2D eigenvalue weighted by Gasteiger charge is -2.17. The molecule has 0 fully saturated rings. The van der Waals surface area contributed by atoms with Gasteiger partial charge in [-0.15, -0.1) is 10.2 Å². The molecule has 6 heteroatoms. The fourth-order valence-corrected chi connectivity index (χ4v) is 3.11. The molecule has 0 spiro atoms. The normalized spacial score (nSPS) is 12.9. The van der Waals surface area contributed by atoms with Crippen LogP contribution < -0.4 is 18.6 Å². The highest BCUT2D eigenvalue weighted by Gasteiger charge is 2.29. The van der Waals surface area contributed by atoms with Gasteiger partial charge in [0, 0.05) is 5.56 Å². The molecule has 5 nitrogen and oxygen atoms in total. The van der Waals surface area contributed by atoms with Gasteiger partial charge < -0.3 is 0 Å². The second-order valence-corrected chi connectivity index (χ2v) is 6.65. The number of fused-ring (bicyclic) bond motifs is 1. The van der Waals surface area contributed by atoms with Gasteiger partial charge in [-0.2, -0.15) is 0 Å². The van der Waals surface area contributed by atoms with Gasteiger partial charge in [-0.3, -0.25) is 0 Å². The Morgan fingerprint density at radius 2 is 1.27 bits per heavy atom. The second-order valence-electron chi connectivity index (χ2n) is 5.89. The van der Waals surface area contributed by atoms with Crippen molar-refractivity contribution in [1.29, 1.82) is 0 Å². The Bertz CT molecular complexity index is 855. The van der Waals surface area contributed by atoms with Gasteiger partial charge in [-0.05, 0) is 30.5 Å². The van der Waals surface area contributed by atoms with Gasteiger partial charge in [0.05, 0.1) is 23.6 Å². The summed E-state index contributed by atoms with van der Waals surface area (Å²) in [5, 5.41) is 0. The Labute approximate surface area is 153 Å². The van der Waals surface area contributed by atoms with Crippen LogP contribution in [0.4, 0.5) is 0 Å². The van der Waals surface area contributed by atoms with Crippen LogP contribution in [0.5, 0.6) is 0 Å². The summed E-state index contributed by atoms with van der Waals surface area (Å²) in [6, 6.07) is 23.2. The predicted molar refractivity (Wildman–Crippen MR) is 86.0 cm³/mol. The Hall–Kier alpha value is -2.28. The lowest BCUT2D eigenvalue weighted by atomic mass is 9.98. The predicted octanol–water partition coefficient (Wildman–Crippen LogP) is 0.627. The molecule has 0 saturated heterocycles. The molecule has 2 aromatic carbocycles. The van der Waals surface area contributed by atoms with E-state index < -0.39 is 10.2 Å². The minimum Gasteiger partial charge on any atom is -0.222 e. The van der Waals surface area contributed by atoms with Gasteiger partial charge in [-0.1, -0.05) is 48.5 Å². The number of rotatable bonds is 2. The summed E-state index contributed by atoms with van der Waals surface area (Å²) in [6.07, 6.45) is 3.37. The number of hydrogen-bond donors (Lipinski definition) is 0. The summed E-state index contributed by atoms with van der Waals surface area (Å²) in [5.74, 6) is 2.13. The summed E-state index contributed by atoms with van der Waals surface area (Å²) in [5.41, 5.74) is 5.14. The third-order valence-corrected chi connectivity index (χ3v) is 4.14. The van der Waals surface area contributed by atoms with Crippen molar-refractivity contribution in [3.05, 3.63) is 78.1 Å². The van der Waals surface area contributed by atoms with Crippen LogP contribution in [0.1, 0.15) is 17.7 Å². The summed E-state index contributed by atoms with van der Waals surface area (Å²) in [4.78, 5) is 0. The van der Waals surface area contributed by atoms with Gasteiger partial charge in [-0.25, -0.2) is 23.1 Å². The molecule has 1 heterocycles. The van der Waals surface area contributed by atoms with E-state index >= 15 is 0 Å². The van der Waals surface area contributed by atoms with Crippen molar-refractivity contribution in [2.75, 3.05) is 0 Å². The maximum Gasteiger partial charge on any atom is 0.360 e. The number of halogens is 1. The zero-order valence-corrected chi connectivity index (χ0v) is 14.6. The first-order chi connectivity index (χ1) is 12.4. The monoisotopic (exact) mass is 372 g/mol. The Balaban J connectivity index is 0.000000349. The molecule has 0 bridgehead atoms. The highest BCUT2D eigenvalue weighted by molar-refractivity contribution is 5.73. The van der Waals surface area contributed by atoms with E-state index in [1.54, 1.807) is 0 Å². The van der Waals surface area contributed by atoms with Gasteiger partial charge in [0.1, 0.15) is 0 Å². The van der Waals surface area contributed by atoms with Gasteiger partial charge in [0.25, 0.3) is 0 Å². The van der Waals surface area contributed by atoms with Crippen LogP contribution in [-0.2, 0) is 12.8 Å². The molecule has 1 aliphatic carbocycles. The molecule has 0 saturated carbocycles. The molecule has 4 rings (SSSR count). The Kier molecular flexibility index (Phi) is 5.66. The molecule has 0 atom stereocenters. The van der Waals surface area contributed by atoms with E-state index in [-0.39, 0.29) is 0 Å². The summed E-state index contributed by atoms with van der Waals surface area (Å²) in [7, 11) is -4.94. The highest BCUT2D eigenvalue weighted by Crippen LogP contribution is 2.36. The van der Waals surface area contributed by atoms with Gasteiger partial charge in [0.15, 0.2) is 0 Å². The first-order valence-electron chi connectivity index (χ1n) is 8.13. The fraction of sp³-hybridized carbons (Fsp3) is 0.150. The Morgan fingerprint density at radius 3 is 1.85 bits per heavy atom. The van der Waals surface area contributed by atoms with Crippen LogP contribution in [0.2, 0.25) is 0 Å². The standard InChI is InChI=1S/C20H17O.ClHO4/c1-3-8-15(9-4-1)18-14-20(16-10-5-2-6-11-16)21-19-13-7-12-17(18)19;2-1(3,4)5/h1-6,8-11,14H,7,12-13H2;(H,2,3,4,5)/q+1;/p-1. The number of benzene rings is 2. The van der Waals surface area contributed by atoms with E-state index in [1.807, 2.05) is 6.07 Å². The molecule has 0 aliphatic heterocycles. The van der Waals surface area contributed by atoms with Crippen molar-refractivity contribution in [1.82, 2.24) is 0 Å². The summed E-state index contributed by atoms with van der Waals surface area (Å²) in [6.45, 7) is 0. The van der Waals surface area contributed by atoms with Crippen molar-refractivity contribution in [3.8, 4) is 22.5 Å². The Morgan fingerprint density at radius 1 is 0.731 bits per heavy atom. The van der Waals surface area contributed by atoms with Crippen LogP contribution in [0.15, 0.2) is 71.1 Å². The molecular weight excluding hydrogens is 356 g/mol. The fourth-order valence-electron chi connectivity index (χ4n) is 3.11. The molecule has 1 aromatic heterocycles. The molecule has 134 valence electrons. The summed E-state index contributed by atoms with van der Waals surface area (Å²) < 4.78 is 40.1. The highest BCUT2D eigenvalue weighted by atomic mass is 35.7. The third kappa shape index (κ3) is 4.88. The SMILES string of the molecule is [O-][Cl+3]([O-])([O-])[O-].c1ccc(-c2cc(-c3ccccc3)c3c([o+]2)CCC3)cc1. The van der Waals surface area contributed by atoms with Crippen LogP contribution in [0.25, 0.3) is 22.5 Å². The topological polar surface area (TPSA) is 104 Å². The summed E-state index contributed by atoms with van der Waals surface area (Å²) >= 11 is 0. The van der Waals surface area contributed by atoms with E-state index in [1.165, 1.54) is 23.1 Å². The van der Waals surface area contributed by atoms with E-state index in [4.69, 9.17) is 23.1 Å². The van der Waals surface area contributed by atoms with Gasteiger partial charge in [0.2, 0.25) is 0 Å². The van der Waals surface area contributed by atoms with Crippen LogP contribution in [0, 0.1) is 10.2 Å². The zero-order chi connectivity index (χ0) is 18.6. The van der Waals surface area contributed by atoms with Crippen LogP contribution in [-0.4, -0.2) is 0 Å².